The highest BCUT2D eigenvalue weighted by atomic mass is 28.3. The third kappa shape index (κ3) is 4.22. The van der Waals surface area contributed by atoms with Crippen LogP contribution in [0.2, 0.25) is 19.6 Å². The van der Waals surface area contributed by atoms with E-state index in [0.29, 0.717) is 19.6 Å². The van der Waals surface area contributed by atoms with Crippen molar-refractivity contribution in [3.63, 3.8) is 0 Å². The summed E-state index contributed by atoms with van der Waals surface area (Å²) in [7, 11) is -1.44. The average Bonchev–Trinajstić information content (AvgIpc) is 2.28. The Balaban J connectivity index is 2.82. The van der Waals surface area contributed by atoms with Gasteiger partial charge in [-0.15, -0.1) is 0 Å². The molecular weight excluding hydrogens is 248 g/mol. The molecule has 1 rings (SSSR count). The number of hydrogen-bond acceptors (Lipinski definition) is 4. The standard InChI is InChI=1S/C13H24O4Si/c1-6-15-12-9-10(18(3,4)5)8-11(17-12)13(14)16-7-2/h9,11-12H,6-8H2,1-5H3/t11-,12-/m0/s1. The number of carbonyl (C=O) groups excluding carboxylic acids is 1. The zero-order chi connectivity index (χ0) is 13.8. The number of rotatable bonds is 5. The summed E-state index contributed by atoms with van der Waals surface area (Å²) in [6.07, 6.45) is 1.73. The van der Waals surface area contributed by atoms with Crippen molar-refractivity contribution >= 4 is 14.0 Å². The predicted molar refractivity (Wildman–Crippen MR) is 73.0 cm³/mol. The molecule has 5 heteroatoms. The summed E-state index contributed by atoms with van der Waals surface area (Å²) in [5.41, 5.74) is 0. The van der Waals surface area contributed by atoms with Crippen LogP contribution >= 0.6 is 0 Å². The highest BCUT2D eigenvalue weighted by Gasteiger charge is 2.34. The largest absolute Gasteiger partial charge is 0.464 e. The molecule has 0 aromatic heterocycles. The van der Waals surface area contributed by atoms with Gasteiger partial charge >= 0.3 is 5.97 Å². The van der Waals surface area contributed by atoms with E-state index < -0.39 is 20.5 Å². The van der Waals surface area contributed by atoms with E-state index in [4.69, 9.17) is 14.2 Å². The van der Waals surface area contributed by atoms with Crippen molar-refractivity contribution in [2.45, 2.75) is 52.3 Å². The maximum atomic E-state index is 11.8. The molecule has 0 aromatic rings. The van der Waals surface area contributed by atoms with Crippen molar-refractivity contribution in [3.8, 4) is 0 Å². The zero-order valence-corrected chi connectivity index (χ0v) is 13.0. The molecule has 0 saturated carbocycles. The van der Waals surface area contributed by atoms with Crippen LogP contribution in [0.1, 0.15) is 20.3 Å². The normalized spacial score (nSPS) is 24.6. The lowest BCUT2D eigenvalue weighted by molar-refractivity contribution is -0.182. The average molecular weight is 272 g/mol. The Bertz CT molecular complexity index is 319. The predicted octanol–water partition coefficient (Wildman–Crippen LogP) is 2.50. The fraction of sp³-hybridized carbons (Fsp3) is 0.769. The molecule has 0 aliphatic carbocycles. The Morgan fingerprint density at radius 3 is 2.56 bits per heavy atom. The van der Waals surface area contributed by atoms with E-state index in [1.54, 1.807) is 6.92 Å². The first-order valence-corrected chi connectivity index (χ1v) is 10.0. The van der Waals surface area contributed by atoms with Crippen LogP contribution in [0.15, 0.2) is 11.3 Å². The fourth-order valence-corrected chi connectivity index (χ4v) is 3.30. The van der Waals surface area contributed by atoms with Gasteiger partial charge in [0.05, 0.1) is 14.7 Å². The molecule has 18 heavy (non-hydrogen) atoms. The Hall–Kier alpha value is -0.653. The summed E-state index contributed by atoms with van der Waals surface area (Å²) in [5.74, 6) is -0.286. The van der Waals surface area contributed by atoms with Crippen LogP contribution in [0, 0.1) is 0 Å². The van der Waals surface area contributed by atoms with Gasteiger partial charge in [0.1, 0.15) is 0 Å². The van der Waals surface area contributed by atoms with Gasteiger partial charge in [-0.3, -0.25) is 0 Å². The van der Waals surface area contributed by atoms with Crippen LogP contribution < -0.4 is 0 Å². The molecule has 0 fully saturated rings. The van der Waals surface area contributed by atoms with E-state index in [2.05, 4.69) is 19.6 Å². The monoisotopic (exact) mass is 272 g/mol. The molecular formula is C13H24O4Si. The minimum atomic E-state index is -1.44. The Labute approximate surface area is 110 Å². The molecule has 0 radical (unpaired) electrons. The second-order valence-corrected chi connectivity index (χ2v) is 10.5. The number of hydrogen-bond donors (Lipinski definition) is 0. The molecule has 0 spiro atoms. The minimum Gasteiger partial charge on any atom is -0.464 e. The molecule has 0 N–H and O–H groups in total. The highest BCUT2D eigenvalue weighted by Crippen LogP contribution is 2.28. The van der Waals surface area contributed by atoms with Crippen LogP contribution in [0.3, 0.4) is 0 Å². The Morgan fingerprint density at radius 1 is 1.39 bits per heavy atom. The van der Waals surface area contributed by atoms with Crippen LogP contribution in [0.25, 0.3) is 0 Å². The summed E-state index contributed by atoms with van der Waals surface area (Å²) >= 11 is 0. The molecule has 0 aromatic carbocycles. The zero-order valence-electron chi connectivity index (χ0n) is 12.0. The molecule has 1 heterocycles. The van der Waals surface area contributed by atoms with Crippen molar-refractivity contribution in [3.05, 3.63) is 11.3 Å². The van der Waals surface area contributed by atoms with E-state index in [1.165, 1.54) is 5.20 Å². The van der Waals surface area contributed by atoms with Gasteiger partial charge < -0.3 is 14.2 Å². The van der Waals surface area contributed by atoms with Gasteiger partial charge in [-0.1, -0.05) is 24.8 Å². The van der Waals surface area contributed by atoms with E-state index in [-0.39, 0.29) is 5.97 Å². The maximum absolute atomic E-state index is 11.8. The molecule has 1 aliphatic rings. The number of carbonyl (C=O) groups is 1. The molecule has 4 nitrogen and oxygen atoms in total. The van der Waals surface area contributed by atoms with Gasteiger partial charge in [0, 0.05) is 13.0 Å². The molecule has 2 atom stereocenters. The van der Waals surface area contributed by atoms with Crippen LogP contribution in [-0.4, -0.2) is 39.7 Å². The Morgan fingerprint density at radius 2 is 2.06 bits per heavy atom. The lowest BCUT2D eigenvalue weighted by atomic mass is 10.2. The summed E-state index contributed by atoms with van der Waals surface area (Å²) in [5, 5.41) is 1.31. The van der Waals surface area contributed by atoms with Gasteiger partial charge in [0.25, 0.3) is 0 Å². The minimum absolute atomic E-state index is 0.286. The van der Waals surface area contributed by atoms with Crippen molar-refractivity contribution < 1.29 is 19.0 Å². The number of esters is 1. The van der Waals surface area contributed by atoms with Gasteiger partial charge in [-0.05, 0) is 19.9 Å². The van der Waals surface area contributed by atoms with E-state index in [1.807, 2.05) is 13.0 Å². The quantitative estimate of drug-likeness (QED) is 0.570. The summed E-state index contributed by atoms with van der Waals surface area (Å²) in [4.78, 5) is 11.8. The second-order valence-electron chi connectivity index (χ2n) is 5.35. The van der Waals surface area contributed by atoms with Crippen LogP contribution in [0.5, 0.6) is 0 Å². The topological polar surface area (TPSA) is 44.8 Å². The summed E-state index contributed by atoms with van der Waals surface area (Å²) < 4.78 is 16.1. The third-order valence-electron chi connectivity index (χ3n) is 2.88. The molecule has 1 aliphatic heterocycles. The molecule has 104 valence electrons. The highest BCUT2D eigenvalue weighted by molar-refractivity contribution is 6.83. The summed E-state index contributed by atoms with van der Waals surface area (Å²) in [6, 6.07) is 0. The molecule has 0 saturated heterocycles. The number of ether oxygens (including phenoxy) is 3. The smallest absolute Gasteiger partial charge is 0.335 e. The van der Waals surface area contributed by atoms with Crippen molar-refractivity contribution in [1.29, 1.82) is 0 Å². The molecule has 0 unspecified atom stereocenters. The van der Waals surface area contributed by atoms with Crippen molar-refractivity contribution in [2.75, 3.05) is 13.2 Å². The van der Waals surface area contributed by atoms with Gasteiger partial charge in [0.2, 0.25) is 0 Å². The van der Waals surface area contributed by atoms with Gasteiger partial charge in [-0.25, -0.2) is 4.79 Å². The molecule has 0 bridgehead atoms. The lowest BCUT2D eigenvalue weighted by Crippen LogP contribution is -2.40. The fourth-order valence-electron chi connectivity index (χ4n) is 1.86. The lowest BCUT2D eigenvalue weighted by Gasteiger charge is -2.32. The van der Waals surface area contributed by atoms with E-state index in [0.717, 1.165) is 0 Å². The first-order valence-electron chi connectivity index (χ1n) is 6.53. The van der Waals surface area contributed by atoms with Crippen molar-refractivity contribution in [2.24, 2.45) is 0 Å². The van der Waals surface area contributed by atoms with Gasteiger partial charge in [-0.2, -0.15) is 0 Å². The molecule has 0 amide bonds. The maximum Gasteiger partial charge on any atom is 0.335 e. The van der Waals surface area contributed by atoms with E-state index >= 15 is 0 Å². The Kier molecular flexibility index (Phi) is 5.56. The second kappa shape index (κ2) is 6.50. The first kappa shape index (κ1) is 15.4. The van der Waals surface area contributed by atoms with Gasteiger partial charge in [0.15, 0.2) is 12.4 Å². The third-order valence-corrected chi connectivity index (χ3v) is 5.18. The van der Waals surface area contributed by atoms with Crippen molar-refractivity contribution in [1.82, 2.24) is 0 Å². The first-order chi connectivity index (χ1) is 8.38. The summed E-state index contributed by atoms with van der Waals surface area (Å²) in [6.45, 7) is 11.4. The van der Waals surface area contributed by atoms with Crippen LogP contribution in [-0.2, 0) is 19.0 Å². The SMILES string of the molecule is CCOC(=O)[C@@H]1CC([Si](C)(C)C)=C[C@@H](OCC)O1. The van der Waals surface area contributed by atoms with E-state index in [9.17, 15) is 4.79 Å². The van der Waals surface area contributed by atoms with Crippen LogP contribution in [0.4, 0.5) is 0 Å².